The molecule has 0 radical (unpaired) electrons. The second kappa shape index (κ2) is 5.53. The number of aryl methyl sites for hydroxylation is 1. The Morgan fingerprint density at radius 3 is 2.55 bits per heavy atom. The molecule has 0 spiro atoms. The fourth-order valence-electron chi connectivity index (χ4n) is 4.66. The molecule has 1 aliphatic heterocycles. The lowest BCUT2D eigenvalue weighted by Gasteiger charge is -2.40. The molecule has 1 aromatic rings. The van der Waals surface area contributed by atoms with Gasteiger partial charge in [0.05, 0.1) is 0 Å². The molecule has 2 aliphatic carbocycles. The lowest BCUT2D eigenvalue weighted by Crippen LogP contribution is -2.45. The summed E-state index contributed by atoms with van der Waals surface area (Å²) < 4.78 is 0. The lowest BCUT2D eigenvalue weighted by atomic mass is 9.67. The summed E-state index contributed by atoms with van der Waals surface area (Å²) >= 11 is 0. The fraction of sp³-hybridized carbons (Fsp3) is 0.579. The number of benzene rings is 1. The van der Waals surface area contributed by atoms with Crippen LogP contribution < -0.4 is 4.90 Å². The second-order valence-electron chi connectivity index (χ2n) is 7.12. The van der Waals surface area contributed by atoms with Gasteiger partial charge in [-0.2, -0.15) is 0 Å². The van der Waals surface area contributed by atoms with E-state index in [-0.39, 0.29) is 23.7 Å². The summed E-state index contributed by atoms with van der Waals surface area (Å²) in [4.78, 5) is 27.3. The van der Waals surface area contributed by atoms with Crippen LogP contribution in [0.25, 0.3) is 0 Å². The molecule has 116 valence electrons. The highest BCUT2D eigenvalue weighted by Gasteiger charge is 2.42. The summed E-state index contributed by atoms with van der Waals surface area (Å²) in [6.45, 7) is 0.829. The van der Waals surface area contributed by atoms with Crippen LogP contribution >= 0.6 is 0 Å². The Bertz CT molecular complexity index is 593. The largest absolute Gasteiger partial charge is 0.312 e. The molecule has 3 aliphatic rings. The summed E-state index contributed by atoms with van der Waals surface area (Å²) in [6, 6.07) is 8.27. The zero-order valence-electron chi connectivity index (χ0n) is 13.0. The molecule has 2 atom stereocenters. The van der Waals surface area contributed by atoms with Gasteiger partial charge < -0.3 is 4.90 Å². The number of carbonyl (C=O) groups excluding carboxylic acids is 2. The van der Waals surface area contributed by atoms with E-state index in [1.165, 1.54) is 5.56 Å². The van der Waals surface area contributed by atoms with E-state index in [0.29, 0.717) is 5.78 Å². The van der Waals surface area contributed by atoms with E-state index >= 15 is 0 Å². The molecule has 1 heterocycles. The van der Waals surface area contributed by atoms with Crippen LogP contribution in [0, 0.1) is 17.8 Å². The van der Waals surface area contributed by atoms with Gasteiger partial charge in [-0.3, -0.25) is 9.59 Å². The van der Waals surface area contributed by atoms with E-state index < -0.39 is 0 Å². The van der Waals surface area contributed by atoms with Crippen molar-refractivity contribution in [1.82, 2.24) is 0 Å². The molecule has 0 saturated heterocycles. The highest BCUT2D eigenvalue weighted by atomic mass is 16.2. The minimum atomic E-state index is 0.0548. The average molecular weight is 297 g/mol. The number of anilines is 1. The van der Waals surface area contributed by atoms with Crippen molar-refractivity contribution in [3.63, 3.8) is 0 Å². The Morgan fingerprint density at radius 1 is 1.05 bits per heavy atom. The van der Waals surface area contributed by atoms with E-state index in [9.17, 15) is 9.59 Å². The van der Waals surface area contributed by atoms with Crippen molar-refractivity contribution in [1.29, 1.82) is 0 Å². The standard InChI is InChI=1S/C19H23NO2/c21-18-14-6-3-7-15(18)12-16(11-14)19(22)20-10-4-8-13-5-1-2-9-17(13)20/h1-2,5,9,14-16H,3-4,6-8,10-12H2. The van der Waals surface area contributed by atoms with Crippen molar-refractivity contribution in [2.45, 2.75) is 44.9 Å². The minimum absolute atomic E-state index is 0.0548. The lowest BCUT2D eigenvalue weighted by molar-refractivity contribution is -0.136. The molecular weight excluding hydrogens is 274 g/mol. The van der Waals surface area contributed by atoms with Crippen molar-refractivity contribution in [3.8, 4) is 0 Å². The van der Waals surface area contributed by atoms with Crippen molar-refractivity contribution in [2.75, 3.05) is 11.4 Å². The highest BCUT2D eigenvalue weighted by Crippen LogP contribution is 2.41. The van der Waals surface area contributed by atoms with Crippen molar-refractivity contribution < 1.29 is 9.59 Å². The minimum Gasteiger partial charge on any atom is -0.312 e. The Hall–Kier alpha value is -1.64. The molecule has 2 saturated carbocycles. The maximum absolute atomic E-state index is 13.1. The number of hydrogen-bond donors (Lipinski definition) is 0. The molecule has 0 N–H and O–H groups in total. The predicted molar refractivity (Wildman–Crippen MR) is 85.7 cm³/mol. The Balaban J connectivity index is 1.57. The van der Waals surface area contributed by atoms with E-state index in [1.807, 2.05) is 11.0 Å². The van der Waals surface area contributed by atoms with E-state index in [2.05, 4.69) is 18.2 Å². The maximum atomic E-state index is 13.1. The number of nitrogens with zero attached hydrogens (tertiary/aromatic N) is 1. The molecule has 2 unspecified atom stereocenters. The first-order chi connectivity index (χ1) is 10.7. The average Bonchev–Trinajstić information content (AvgIpc) is 2.53. The molecule has 22 heavy (non-hydrogen) atoms. The number of ketones is 1. The zero-order chi connectivity index (χ0) is 15.1. The Kier molecular flexibility index (Phi) is 3.51. The van der Waals surface area contributed by atoms with Gasteiger partial charge in [-0.1, -0.05) is 24.6 Å². The maximum Gasteiger partial charge on any atom is 0.230 e. The Labute approximate surface area is 131 Å². The summed E-state index contributed by atoms with van der Waals surface area (Å²) in [5.41, 5.74) is 2.38. The zero-order valence-corrected chi connectivity index (χ0v) is 13.0. The summed E-state index contributed by atoms with van der Waals surface area (Å²) in [6.07, 6.45) is 6.83. The summed E-state index contributed by atoms with van der Waals surface area (Å²) in [5.74, 6) is 1.06. The number of hydrogen-bond acceptors (Lipinski definition) is 2. The second-order valence-corrected chi connectivity index (χ2v) is 7.12. The number of para-hydroxylation sites is 1. The number of carbonyl (C=O) groups is 2. The molecule has 3 heteroatoms. The molecule has 1 amide bonds. The summed E-state index contributed by atoms with van der Waals surface area (Å²) in [7, 11) is 0. The number of rotatable bonds is 1. The third-order valence-corrected chi connectivity index (χ3v) is 5.77. The number of Topliss-reactive ketones (excluding diaryl/α,β-unsaturated/α-hetero) is 1. The SMILES string of the molecule is O=C1C2CCCC1CC(C(=O)N1CCCc3ccccc31)C2. The van der Waals surface area contributed by atoms with Crippen molar-refractivity contribution >= 4 is 17.4 Å². The molecule has 2 bridgehead atoms. The van der Waals surface area contributed by atoms with E-state index in [1.54, 1.807) is 0 Å². The topological polar surface area (TPSA) is 37.4 Å². The fourth-order valence-corrected chi connectivity index (χ4v) is 4.66. The van der Waals surface area contributed by atoms with Crippen LogP contribution in [0.1, 0.15) is 44.1 Å². The van der Waals surface area contributed by atoms with Gasteiger partial charge in [0.15, 0.2) is 0 Å². The van der Waals surface area contributed by atoms with Crippen LogP contribution in [-0.4, -0.2) is 18.2 Å². The van der Waals surface area contributed by atoms with Gasteiger partial charge in [0.1, 0.15) is 5.78 Å². The van der Waals surface area contributed by atoms with Crippen LogP contribution in [0.15, 0.2) is 24.3 Å². The Morgan fingerprint density at radius 2 is 1.77 bits per heavy atom. The molecule has 3 nitrogen and oxygen atoms in total. The van der Waals surface area contributed by atoms with Gasteiger partial charge in [0.25, 0.3) is 0 Å². The third-order valence-electron chi connectivity index (χ3n) is 5.77. The normalized spacial score (nSPS) is 30.8. The van der Waals surface area contributed by atoms with E-state index in [4.69, 9.17) is 0 Å². The highest BCUT2D eigenvalue weighted by molar-refractivity contribution is 5.98. The molecule has 4 rings (SSSR count). The van der Waals surface area contributed by atoms with Crippen LogP contribution in [-0.2, 0) is 16.0 Å². The van der Waals surface area contributed by atoms with Gasteiger partial charge in [-0.25, -0.2) is 0 Å². The van der Waals surface area contributed by atoms with Gasteiger partial charge in [0, 0.05) is 30.0 Å². The predicted octanol–water partition coefficient (Wildman–Crippen LogP) is 3.36. The van der Waals surface area contributed by atoms with Crippen LogP contribution in [0.3, 0.4) is 0 Å². The summed E-state index contributed by atoms with van der Waals surface area (Å²) in [5, 5.41) is 0. The first-order valence-corrected chi connectivity index (χ1v) is 8.67. The van der Waals surface area contributed by atoms with E-state index in [0.717, 1.165) is 57.2 Å². The van der Waals surface area contributed by atoms with Gasteiger partial charge in [-0.05, 0) is 50.2 Å². The monoisotopic (exact) mass is 297 g/mol. The van der Waals surface area contributed by atoms with Crippen LogP contribution in [0.4, 0.5) is 5.69 Å². The van der Waals surface area contributed by atoms with Crippen molar-refractivity contribution in [3.05, 3.63) is 29.8 Å². The third kappa shape index (κ3) is 2.27. The molecular formula is C19H23NO2. The van der Waals surface area contributed by atoms with Crippen LogP contribution in [0.5, 0.6) is 0 Å². The quantitative estimate of drug-likeness (QED) is 0.797. The van der Waals surface area contributed by atoms with Crippen molar-refractivity contribution in [2.24, 2.45) is 17.8 Å². The molecule has 2 fully saturated rings. The number of fused-ring (bicyclic) bond motifs is 3. The van der Waals surface area contributed by atoms with Gasteiger partial charge in [-0.15, -0.1) is 0 Å². The number of amides is 1. The smallest absolute Gasteiger partial charge is 0.230 e. The van der Waals surface area contributed by atoms with Crippen LogP contribution in [0.2, 0.25) is 0 Å². The van der Waals surface area contributed by atoms with Gasteiger partial charge >= 0.3 is 0 Å². The van der Waals surface area contributed by atoms with Gasteiger partial charge in [0.2, 0.25) is 5.91 Å². The molecule has 0 aromatic heterocycles. The molecule has 1 aromatic carbocycles. The first-order valence-electron chi connectivity index (χ1n) is 8.67. The first kappa shape index (κ1) is 14.0.